The van der Waals surface area contributed by atoms with Crippen LogP contribution in [0.1, 0.15) is 13.0 Å². The Morgan fingerprint density at radius 1 is 1.26 bits per heavy atom. The molecule has 0 radical (unpaired) electrons. The van der Waals surface area contributed by atoms with Crippen molar-refractivity contribution in [1.82, 2.24) is 4.31 Å². The molecule has 0 unspecified atom stereocenters. The fraction of sp³-hybridized carbons (Fsp3) is 0.333. The maximum atomic E-state index is 12.7. The monoisotopic (exact) mass is 392 g/mol. The smallest absolute Gasteiger partial charge is 0.293 e. The Morgan fingerprint density at radius 2 is 2.00 bits per heavy atom. The number of benzene rings is 1. The van der Waals surface area contributed by atoms with Crippen molar-refractivity contribution >= 4 is 21.6 Å². The van der Waals surface area contributed by atoms with Crippen LogP contribution >= 0.6 is 0 Å². The van der Waals surface area contributed by atoms with Gasteiger partial charge in [-0.2, -0.15) is 8.87 Å². The van der Waals surface area contributed by atoms with Gasteiger partial charge in [0.05, 0.1) is 18.1 Å². The number of morpholine rings is 1. The highest BCUT2D eigenvalue weighted by atomic mass is 32.2. The molecule has 1 aromatic heterocycles. The van der Waals surface area contributed by atoms with Gasteiger partial charge >= 0.3 is 0 Å². The van der Waals surface area contributed by atoms with Crippen LogP contribution in [0.4, 0.5) is 5.69 Å². The molecule has 1 fully saturated rings. The molecular formula is C18H22N3O5S+. The summed E-state index contributed by atoms with van der Waals surface area (Å²) >= 11 is 0. The topological polar surface area (TPSA) is 99.8 Å². The predicted octanol–water partition coefficient (Wildman–Crippen LogP) is 0.900. The molecule has 1 atom stereocenters. The largest absolute Gasteiger partial charge is 0.503 e. The standard InChI is InChI=1S/C18H21N3O5S/c1-14(20-7-3-5-16(22)13-20)18(23)19-15-4-2-6-17(12-15)27(24,25)21-8-10-26-11-9-21/h2-7,12-14H,8-11H2,1H3,(H-,19,22,23)/p+1/t14-/m1/s1. The van der Waals surface area contributed by atoms with Gasteiger partial charge in [-0.05, 0) is 24.3 Å². The second-order valence-corrected chi connectivity index (χ2v) is 8.16. The molecule has 3 rings (SSSR count). The predicted molar refractivity (Wildman–Crippen MR) is 97.7 cm³/mol. The zero-order valence-electron chi connectivity index (χ0n) is 14.9. The van der Waals surface area contributed by atoms with Crippen molar-refractivity contribution in [1.29, 1.82) is 0 Å². The Kier molecular flexibility index (Phi) is 5.73. The Morgan fingerprint density at radius 3 is 2.70 bits per heavy atom. The summed E-state index contributed by atoms with van der Waals surface area (Å²) in [6.07, 6.45) is 3.12. The van der Waals surface area contributed by atoms with Gasteiger partial charge in [-0.1, -0.05) is 6.07 Å². The average Bonchev–Trinajstić information content (AvgIpc) is 2.68. The van der Waals surface area contributed by atoms with Crippen LogP contribution in [0.3, 0.4) is 0 Å². The fourth-order valence-corrected chi connectivity index (χ4v) is 4.23. The molecule has 0 saturated carbocycles. The van der Waals surface area contributed by atoms with Gasteiger partial charge < -0.3 is 15.2 Å². The van der Waals surface area contributed by atoms with Gasteiger partial charge in [0.2, 0.25) is 22.3 Å². The van der Waals surface area contributed by atoms with E-state index in [1.54, 1.807) is 35.9 Å². The molecule has 8 nitrogen and oxygen atoms in total. The molecule has 1 amide bonds. The second-order valence-electron chi connectivity index (χ2n) is 6.22. The van der Waals surface area contributed by atoms with Crippen LogP contribution < -0.4 is 9.88 Å². The fourth-order valence-electron chi connectivity index (χ4n) is 2.77. The van der Waals surface area contributed by atoms with E-state index in [1.165, 1.54) is 28.7 Å². The lowest BCUT2D eigenvalue weighted by Crippen LogP contribution is -2.43. The molecule has 2 N–H and O–H groups in total. The summed E-state index contributed by atoms with van der Waals surface area (Å²) in [5.41, 5.74) is 0.391. The number of carbonyl (C=O) groups is 1. The van der Waals surface area contributed by atoms with Gasteiger partial charge in [-0.25, -0.2) is 8.42 Å². The van der Waals surface area contributed by atoms with Gasteiger partial charge in [0, 0.05) is 31.8 Å². The number of anilines is 1. The van der Waals surface area contributed by atoms with E-state index in [4.69, 9.17) is 4.74 Å². The van der Waals surface area contributed by atoms with Crippen LogP contribution in [-0.2, 0) is 19.6 Å². The molecule has 0 bridgehead atoms. The molecule has 1 aromatic carbocycles. The molecular weight excluding hydrogens is 370 g/mol. The lowest BCUT2D eigenvalue weighted by molar-refractivity contribution is -0.705. The minimum atomic E-state index is -3.63. The van der Waals surface area contributed by atoms with Crippen molar-refractivity contribution in [3.05, 3.63) is 48.8 Å². The second kappa shape index (κ2) is 8.03. The molecule has 1 saturated heterocycles. The van der Waals surface area contributed by atoms with E-state index in [0.29, 0.717) is 32.0 Å². The minimum absolute atomic E-state index is 0.0516. The first-order valence-corrected chi connectivity index (χ1v) is 10.0. The van der Waals surface area contributed by atoms with Crippen LogP contribution in [0.25, 0.3) is 0 Å². The quantitative estimate of drug-likeness (QED) is 0.737. The van der Waals surface area contributed by atoms with Crippen LogP contribution in [-0.4, -0.2) is 50.0 Å². The van der Waals surface area contributed by atoms with Crippen LogP contribution in [0.15, 0.2) is 53.7 Å². The van der Waals surface area contributed by atoms with E-state index in [1.807, 2.05) is 0 Å². The highest BCUT2D eigenvalue weighted by molar-refractivity contribution is 7.89. The van der Waals surface area contributed by atoms with Crippen molar-refractivity contribution in [2.45, 2.75) is 17.9 Å². The zero-order chi connectivity index (χ0) is 19.4. The summed E-state index contributed by atoms with van der Waals surface area (Å²) in [5, 5.41) is 12.3. The van der Waals surface area contributed by atoms with E-state index >= 15 is 0 Å². The normalized spacial score (nSPS) is 16.6. The van der Waals surface area contributed by atoms with Gasteiger partial charge in [0.25, 0.3) is 5.91 Å². The first-order valence-electron chi connectivity index (χ1n) is 8.56. The third-order valence-electron chi connectivity index (χ3n) is 4.34. The number of carbonyl (C=O) groups excluding carboxylic acids is 1. The molecule has 1 aliphatic rings. The van der Waals surface area contributed by atoms with E-state index in [2.05, 4.69) is 5.32 Å². The molecule has 2 aromatic rings. The number of aromatic hydroxyl groups is 1. The van der Waals surface area contributed by atoms with Crippen LogP contribution in [0.5, 0.6) is 5.75 Å². The number of amides is 1. The molecule has 27 heavy (non-hydrogen) atoms. The molecule has 2 heterocycles. The van der Waals surface area contributed by atoms with Crippen molar-refractivity contribution in [2.75, 3.05) is 31.6 Å². The van der Waals surface area contributed by atoms with E-state index in [-0.39, 0.29) is 16.6 Å². The molecule has 1 aliphatic heterocycles. The Balaban J connectivity index is 1.76. The number of rotatable bonds is 5. The number of pyridine rings is 1. The number of sulfonamides is 1. The summed E-state index contributed by atoms with van der Waals surface area (Å²) in [4.78, 5) is 12.6. The van der Waals surface area contributed by atoms with Gasteiger partial charge in [-0.3, -0.25) is 4.79 Å². The maximum absolute atomic E-state index is 12.7. The van der Waals surface area contributed by atoms with Crippen LogP contribution in [0, 0.1) is 0 Å². The lowest BCUT2D eigenvalue weighted by Gasteiger charge is -2.26. The number of nitrogens with zero attached hydrogens (tertiary/aromatic N) is 2. The first kappa shape index (κ1) is 19.3. The molecule has 144 valence electrons. The highest BCUT2D eigenvalue weighted by Crippen LogP contribution is 2.21. The summed E-state index contributed by atoms with van der Waals surface area (Å²) in [5.74, 6) is -0.276. The number of nitrogens with one attached hydrogen (secondary N) is 1. The molecule has 0 spiro atoms. The van der Waals surface area contributed by atoms with Gasteiger partial charge in [0.1, 0.15) is 0 Å². The van der Waals surface area contributed by atoms with Crippen LogP contribution in [0.2, 0.25) is 0 Å². The van der Waals surface area contributed by atoms with Crippen molar-refractivity contribution in [2.24, 2.45) is 0 Å². The van der Waals surface area contributed by atoms with Gasteiger partial charge in [0.15, 0.2) is 11.9 Å². The Hall–Kier alpha value is -2.49. The van der Waals surface area contributed by atoms with E-state index in [9.17, 15) is 18.3 Å². The van der Waals surface area contributed by atoms with E-state index in [0.717, 1.165) is 0 Å². The Bertz CT molecular complexity index is 926. The minimum Gasteiger partial charge on any atom is -0.503 e. The third kappa shape index (κ3) is 4.44. The van der Waals surface area contributed by atoms with Crippen molar-refractivity contribution < 1.29 is 27.6 Å². The Labute approximate surface area is 158 Å². The van der Waals surface area contributed by atoms with Crippen molar-refractivity contribution in [3.63, 3.8) is 0 Å². The third-order valence-corrected chi connectivity index (χ3v) is 6.24. The summed E-state index contributed by atoms with van der Waals surface area (Å²) < 4.78 is 33.6. The maximum Gasteiger partial charge on any atom is 0.293 e. The highest BCUT2D eigenvalue weighted by Gasteiger charge is 2.27. The van der Waals surface area contributed by atoms with Gasteiger partial charge in [-0.15, -0.1) is 0 Å². The number of ether oxygens (including phenoxy) is 1. The molecule has 0 aliphatic carbocycles. The van der Waals surface area contributed by atoms with Crippen molar-refractivity contribution in [3.8, 4) is 5.75 Å². The average molecular weight is 392 g/mol. The number of hydrogen-bond donors (Lipinski definition) is 2. The summed E-state index contributed by atoms with van der Waals surface area (Å²) in [7, 11) is -3.63. The SMILES string of the molecule is C[C@H](C(=O)Nc1cccc(S(=O)(=O)N2CCOCC2)c1)[n+]1cccc(O)c1. The zero-order valence-corrected chi connectivity index (χ0v) is 15.7. The number of hydrogen-bond acceptors (Lipinski definition) is 5. The summed E-state index contributed by atoms with van der Waals surface area (Å²) in [6, 6.07) is 8.74. The summed E-state index contributed by atoms with van der Waals surface area (Å²) in [6.45, 7) is 3.04. The number of aromatic nitrogens is 1. The molecule has 9 heteroatoms. The first-order chi connectivity index (χ1) is 12.9. The van der Waals surface area contributed by atoms with E-state index < -0.39 is 16.1 Å². The lowest BCUT2D eigenvalue weighted by atomic mass is 10.2.